The standard InChI is InChI=1S/C12H8F9NO4S/c1-6(23)22-7-2-4-8(5-3-7)26-27(24,25)12(20,21)10(15,16)9(13,14)11(17,18)19/h2-5H,1H3,(H,22,23). The second-order valence-corrected chi connectivity index (χ2v) is 6.49. The van der Waals surface area contributed by atoms with Gasteiger partial charge in [-0.25, -0.2) is 0 Å². The Labute approximate surface area is 145 Å². The number of carbonyl (C=O) groups excluding carboxylic acids is 1. The first-order chi connectivity index (χ1) is 11.9. The highest BCUT2D eigenvalue weighted by molar-refractivity contribution is 7.88. The van der Waals surface area contributed by atoms with Crippen molar-refractivity contribution < 1.29 is 56.9 Å². The van der Waals surface area contributed by atoms with Crippen LogP contribution in [0.3, 0.4) is 0 Å². The van der Waals surface area contributed by atoms with E-state index < -0.39 is 45.1 Å². The lowest BCUT2D eigenvalue weighted by molar-refractivity contribution is -0.382. The first-order valence-corrected chi connectivity index (χ1v) is 7.79. The van der Waals surface area contributed by atoms with Gasteiger partial charge in [-0.05, 0) is 24.3 Å². The first-order valence-electron chi connectivity index (χ1n) is 6.38. The van der Waals surface area contributed by atoms with E-state index in [1.165, 1.54) is 0 Å². The molecule has 0 aliphatic carbocycles. The van der Waals surface area contributed by atoms with Crippen molar-refractivity contribution in [2.75, 3.05) is 5.32 Å². The maximum Gasteiger partial charge on any atom is 0.460 e. The molecular formula is C12H8F9NO4S. The summed E-state index contributed by atoms with van der Waals surface area (Å²) in [6.07, 6.45) is -7.17. The fourth-order valence-corrected chi connectivity index (χ4v) is 2.41. The number of nitrogens with one attached hydrogen (secondary N) is 1. The topological polar surface area (TPSA) is 72.5 Å². The van der Waals surface area contributed by atoms with Gasteiger partial charge in [0, 0.05) is 12.6 Å². The van der Waals surface area contributed by atoms with E-state index in [1.807, 2.05) is 0 Å². The highest BCUT2D eigenvalue weighted by Crippen LogP contribution is 2.54. The maximum absolute atomic E-state index is 13.4. The predicted octanol–water partition coefficient (Wildman–Crippen LogP) is 3.78. The maximum atomic E-state index is 13.4. The summed E-state index contributed by atoms with van der Waals surface area (Å²) in [6.45, 7) is 1.07. The molecule has 1 aromatic carbocycles. The minimum Gasteiger partial charge on any atom is -0.378 e. The highest BCUT2D eigenvalue weighted by Gasteiger charge is 2.86. The third-order valence-electron chi connectivity index (χ3n) is 2.81. The number of benzene rings is 1. The molecule has 0 heterocycles. The van der Waals surface area contributed by atoms with Gasteiger partial charge < -0.3 is 9.50 Å². The number of hydrogen-bond acceptors (Lipinski definition) is 4. The fraction of sp³-hybridized carbons (Fsp3) is 0.417. The third kappa shape index (κ3) is 4.06. The molecule has 0 spiro atoms. The summed E-state index contributed by atoms with van der Waals surface area (Å²) in [7, 11) is -7.00. The van der Waals surface area contributed by atoms with Gasteiger partial charge in [0.2, 0.25) is 5.91 Å². The molecule has 0 saturated heterocycles. The Morgan fingerprint density at radius 1 is 0.889 bits per heavy atom. The summed E-state index contributed by atoms with van der Waals surface area (Å²) < 4.78 is 141. The van der Waals surface area contributed by atoms with Gasteiger partial charge in [-0.3, -0.25) is 4.79 Å². The van der Waals surface area contributed by atoms with Crippen molar-refractivity contribution in [1.29, 1.82) is 0 Å². The van der Waals surface area contributed by atoms with Gasteiger partial charge in [0.15, 0.2) is 0 Å². The molecule has 154 valence electrons. The van der Waals surface area contributed by atoms with Crippen LogP contribution in [0.15, 0.2) is 24.3 Å². The highest BCUT2D eigenvalue weighted by atomic mass is 32.2. The summed E-state index contributed by atoms with van der Waals surface area (Å²) in [4.78, 5) is 10.8. The lowest BCUT2D eigenvalue weighted by Crippen LogP contribution is -2.63. The van der Waals surface area contributed by atoms with Crippen LogP contribution in [-0.2, 0) is 14.9 Å². The zero-order chi connectivity index (χ0) is 21.5. The van der Waals surface area contributed by atoms with E-state index in [2.05, 4.69) is 9.50 Å². The van der Waals surface area contributed by atoms with Crippen LogP contribution in [0.5, 0.6) is 5.75 Å². The molecule has 0 unspecified atom stereocenters. The average molecular weight is 433 g/mol. The van der Waals surface area contributed by atoms with Gasteiger partial charge >= 0.3 is 33.4 Å². The van der Waals surface area contributed by atoms with Crippen LogP contribution in [0.1, 0.15) is 6.92 Å². The van der Waals surface area contributed by atoms with E-state index in [-0.39, 0.29) is 5.69 Å². The van der Waals surface area contributed by atoms with Crippen LogP contribution in [0, 0.1) is 0 Å². The molecule has 27 heavy (non-hydrogen) atoms. The van der Waals surface area contributed by atoms with Crippen LogP contribution in [0.25, 0.3) is 0 Å². The Hall–Kier alpha value is -2.19. The van der Waals surface area contributed by atoms with Crippen LogP contribution in [0.4, 0.5) is 45.2 Å². The van der Waals surface area contributed by atoms with Crippen LogP contribution in [0.2, 0.25) is 0 Å². The molecule has 0 fully saturated rings. The van der Waals surface area contributed by atoms with Gasteiger partial charge in [0.1, 0.15) is 5.75 Å². The van der Waals surface area contributed by atoms with E-state index >= 15 is 0 Å². The SMILES string of the molecule is CC(=O)Nc1ccc(OS(=O)(=O)C(F)(F)C(F)(F)C(F)(F)C(F)(F)F)cc1. The molecule has 0 atom stereocenters. The number of anilines is 1. The first kappa shape index (κ1) is 22.9. The van der Waals surface area contributed by atoms with E-state index in [1.54, 1.807) is 0 Å². The number of halogens is 9. The van der Waals surface area contributed by atoms with Gasteiger partial charge in [-0.2, -0.15) is 47.9 Å². The predicted molar refractivity (Wildman–Crippen MR) is 71.2 cm³/mol. The number of amides is 1. The van der Waals surface area contributed by atoms with Crippen molar-refractivity contribution in [2.45, 2.75) is 30.2 Å². The summed E-state index contributed by atoms with van der Waals surface area (Å²) >= 11 is 0. The monoisotopic (exact) mass is 433 g/mol. The minimum absolute atomic E-state index is 0.0204. The van der Waals surface area contributed by atoms with E-state index in [9.17, 15) is 52.7 Å². The Kier molecular flexibility index (Phi) is 5.72. The Balaban J connectivity index is 3.23. The second-order valence-electron chi connectivity index (χ2n) is 4.91. The Bertz CT molecular complexity index is 803. The summed E-state index contributed by atoms with van der Waals surface area (Å²) in [5, 5.41) is -4.80. The molecule has 0 radical (unpaired) electrons. The van der Waals surface area contributed by atoms with Crippen molar-refractivity contribution in [3.63, 3.8) is 0 Å². The molecule has 1 rings (SSSR count). The summed E-state index contributed by atoms with van der Waals surface area (Å²) in [6, 6.07) is 2.82. The van der Waals surface area contributed by atoms with Crippen molar-refractivity contribution in [3.8, 4) is 5.75 Å². The quantitative estimate of drug-likeness (QED) is 0.548. The van der Waals surface area contributed by atoms with E-state index in [0.717, 1.165) is 19.1 Å². The van der Waals surface area contributed by atoms with Crippen molar-refractivity contribution in [3.05, 3.63) is 24.3 Å². The lowest BCUT2D eigenvalue weighted by Gasteiger charge is -2.32. The fourth-order valence-electron chi connectivity index (χ4n) is 1.49. The van der Waals surface area contributed by atoms with E-state index in [0.29, 0.717) is 12.1 Å². The molecule has 5 nitrogen and oxygen atoms in total. The summed E-state index contributed by atoms with van der Waals surface area (Å²) in [5.74, 6) is -16.5. The Morgan fingerprint density at radius 3 is 1.70 bits per heavy atom. The van der Waals surface area contributed by atoms with Gasteiger partial charge in [0.25, 0.3) is 0 Å². The molecule has 1 aromatic rings. The number of rotatable bonds is 6. The van der Waals surface area contributed by atoms with Crippen LogP contribution < -0.4 is 9.50 Å². The van der Waals surface area contributed by atoms with Crippen LogP contribution >= 0.6 is 0 Å². The smallest absolute Gasteiger partial charge is 0.378 e. The lowest BCUT2D eigenvalue weighted by atomic mass is 10.1. The summed E-state index contributed by atoms with van der Waals surface area (Å²) in [5.41, 5.74) is -0.0204. The molecule has 1 N–H and O–H groups in total. The minimum atomic E-state index is -7.38. The Morgan fingerprint density at radius 2 is 1.33 bits per heavy atom. The van der Waals surface area contributed by atoms with Crippen molar-refractivity contribution >= 4 is 21.7 Å². The third-order valence-corrected chi connectivity index (χ3v) is 4.11. The van der Waals surface area contributed by atoms with Gasteiger partial charge in [-0.15, -0.1) is 0 Å². The van der Waals surface area contributed by atoms with Gasteiger partial charge in [-0.1, -0.05) is 0 Å². The number of carbonyl (C=O) groups is 1. The average Bonchev–Trinajstić information content (AvgIpc) is 2.46. The molecule has 1 amide bonds. The molecule has 15 heteroatoms. The number of hydrogen-bond donors (Lipinski definition) is 1. The zero-order valence-electron chi connectivity index (χ0n) is 12.8. The molecular weight excluding hydrogens is 425 g/mol. The molecule has 0 aromatic heterocycles. The van der Waals surface area contributed by atoms with E-state index in [4.69, 9.17) is 0 Å². The van der Waals surface area contributed by atoms with Gasteiger partial charge in [0.05, 0.1) is 0 Å². The molecule has 0 bridgehead atoms. The second kappa shape index (κ2) is 6.76. The molecule has 0 saturated carbocycles. The largest absolute Gasteiger partial charge is 0.460 e. The molecule has 0 aliphatic rings. The van der Waals surface area contributed by atoms with Crippen LogP contribution in [-0.4, -0.2) is 37.6 Å². The molecule has 0 aliphatic heterocycles. The zero-order valence-corrected chi connectivity index (χ0v) is 13.6. The van der Waals surface area contributed by atoms with Crippen molar-refractivity contribution in [2.24, 2.45) is 0 Å². The number of alkyl halides is 9. The normalized spacial score (nSPS) is 14.0. The van der Waals surface area contributed by atoms with Crippen molar-refractivity contribution in [1.82, 2.24) is 0 Å².